The molecule has 0 amide bonds. The van der Waals surface area contributed by atoms with Crippen molar-refractivity contribution in [1.29, 1.82) is 0 Å². The first-order valence-electron chi connectivity index (χ1n) is 6.39. The summed E-state index contributed by atoms with van der Waals surface area (Å²) in [5.74, 6) is -0.476. The molecule has 98 valence electrons. The molecule has 1 N–H and O–H groups in total. The summed E-state index contributed by atoms with van der Waals surface area (Å²) >= 11 is 0. The van der Waals surface area contributed by atoms with Gasteiger partial charge < -0.3 is 9.84 Å². The number of allylic oxidation sites excluding steroid dienone is 3. The van der Waals surface area contributed by atoms with Gasteiger partial charge in [-0.05, 0) is 37.2 Å². The monoisotopic (exact) mass is 248 g/mol. The van der Waals surface area contributed by atoms with Crippen molar-refractivity contribution in [2.45, 2.75) is 46.3 Å². The lowest BCUT2D eigenvalue weighted by Crippen LogP contribution is -2.19. The molecule has 0 saturated carbocycles. The molecule has 0 aromatic heterocycles. The van der Waals surface area contributed by atoms with Crippen molar-refractivity contribution in [2.75, 3.05) is 0 Å². The minimum atomic E-state index is -1.11. The van der Waals surface area contributed by atoms with E-state index >= 15 is 0 Å². The summed E-state index contributed by atoms with van der Waals surface area (Å²) in [6.45, 7) is 6.62. The van der Waals surface area contributed by atoms with E-state index in [1.807, 2.05) is 6.08 Å². The Bertz CT molecular complexity index is 452. The lowest BCUT2D eigenvalue weighted by Gasteiger charge is -2.33. The van der Waals surface area contributed by atoms with Crippen LogP contribution in [0.1, 0.15) is 40.0 Å². The molecule has 0 saturated heterocycles. The van der Waals surface area contributed by atoms with Gasteiger partial charge in [0.2, 0.25) is 6.29 Å². The van der Waals surface area contributed by atoms with Gasteiger partial charge in [0.05, 0.1) is 0 Å². The van der Waals surface area contributed by atoms with Gasteiger partial charge in [0.1, 0.15) is 0 Å². The van der Waals surface area contributed by atoms with E-state index in [-0.39, 0.29) is 5.41 Å². The molecule has 2 aliphatic rings. The number of carbonyl (C=O) groups is 1. The predicted octanol–water partition coefficient (Wildman–Crippen LogP) is 2.87. The Morgan fingerprint density at radius 2 is 2.17 bits per heavy atom. The van der Waals surface area contributed by atoms with E-state index in [2.05, 4.69) is 25.5 Å². The fourth-order valence-corrected chi connectivity index (χ4v) is 2.74. The molecule has 0 spiro atoms. The molecule has 0 aromatic rings. The van der Waals surface area contributed by atoms with Gasteiger partial charge in [-0.1, -0.05) is 31.6 Å². The molecule has 3 heteroatoms. The van der Waals surface area contributed by atoms with E-state index in [1.54, 1.807) is 6.08 Å². The molecule has 1 heterocycles. The van der Waals surface area contributed by atoms with Crippen LogP contribution in [0.3, 0.4) is 0 Å². The highest BCUT2D eigenvalue weighted by molar-refractivity contribution is 5.86. The standard InChI is InChI=1S/C15H20O3/c1-10-5-4-8-15(2,3)12(10)7-6-11-9-13(16)18-14(11)17/h6-7,9,14,17H,4-5,8H2,1-3H3/b7-6+. The molecule has 0 aromatic carbocycles. The Kier molecular flexibility index (Phi) is 3.44. The van der Waals surface area contributed by atoms with Crippen molar-refractivity contribution in [2.24, 2.45) is 5.41 Å². The summed E-state index contributed by atoms with van der Waals surface area (Å²) in [6.07, 6.45) is 7.56. The average Bonchev–Trinajstić information content (AvgIpc) is 2.56. The molecule has 1 aliphatic heterocycles. The number of esters is 1. The van der Waals surface area contributed by atoms with E-state index in [9.17, 15) is 9.90 Å². The number of cyclic esters (lactones) is 1. The number of hydrogen-bond acceptors (Lipinski definition) is 3. The maximum atomic E-state index is 11.0. The molecule has 0 bridgehead atoms. The van der Waals surface area contributed by atoms with Crippen LogP contribution in [-0.2, 0) is 9.53 Å². The van der Waals surface area contributed by atoms with E-state index in [0.29, 0.717) is 5.57 Å². The maximum absolute atomic E-state index is 11.0. The van der Waals surface area contributed by atoms with E-state index in [4.69, 9.17) is 0 Å². The van der Waals surface area contributed by atoms with Crippen LogP contribution in [0.15, 0.2) is 34.9 Å². The Morgan fingerprint density at radius 1 is 1.44 bits per heavy atom. The lowest BCUT2D eigenvalue weighted by atomic mass is 9.72. The van der Waals surface area contributed by atoms with Crippen molar-refractivity contribution in [3.63, 3.8) is 0 Å². The zero-order chi connectivity index (χ0) is 13.3. The first kappa shape index (κ1) is 13.1. The number of carbonyl (C=O) groups excluding carboxylic acids is 1. The van der Waals surface area contributed by atoms with Crippen molar-refractivity contribution in [3.05, 3.63) is 34.9 Å². The molecule has 0 radical (unpaired) electrons. The largest absolute Gasteiger partial charge is 0.428 e. The second kappa shape index (κ2) is 4.73. The van der Waals surface area contributed by atoms with Gasteiger partial charge in [-0.2, -0.15) is 0 Å². The van der Waals surface area contributed by atoms with Gasteiger partial charge >= 0.3 is 5.97 Å². The summed E-state index contributed by atoms with van der Waals surface area (Å²) in [4.78, 5) is 11.0. The van der Waals surface area contributed by atoms with Crippen LogP contribution in [0.4, 0.5) is 0 Å². The van der Waals surface area contributed by atoms with Crippen LogP contribution in [0.25, 0.3) is 0 Å². The van der Waals surface area contributed by atoms with Crippen LogP contribution in [-0.4, -0.2) is 17.4 Å². The molecule has 18 heavy (non-hydrogen) atoms. The lowest BCUT2D eigenvalue weighted by molar-refractivity contribution is -0.150. The molecular weight excluding hydrogens is 228 g/mol. The third kappa shape index (κ3) is 2.56. The molecule has 1 aliphatic carbocycles. The first-order valence-corrected chi connectivity index (χ1v) is 6.39. The van der Waals surface area contributed by atoms with Crippen LogP contribution < -0.4 is 0 Å². The maximum Gasteiger partial charge on any atom is 0.333 e. The number of hydrogen-bond donors (Lipinski definition) is 1. The fourth-order valence-electron chi connectivity index (χ4n) is 2.74. The van der Waals surface area contributed by atoms with Crippen molar-refractivity contribution in [1.82, 2.24) is 0 Å². The summed E-state index contributed by atoms with van der Waals surface area (Å²) in [5.41, 5.74) is 3.39. The fraction of sp³-hybridized carbons (Fsp3) is 0.533. The van der Waals surface area contributed by atoms with E-state index in [0.717, 1.165) is 6.42 Å². The smallest absolute Gasteiger partial charge is 0.333 e. The number of aliphatic hydroxyl groups is 1. The van der Waals surface area contributed by atoms with Gasteiger partial charge in [0, 0.05) is 11.6 Å². The van der Waals surface area contributed by atoms with Crippen LogP contribution in [0, 0.1) is 5.41 Å². The summed E-state index contributed by atoms with van der Waals surface area (Å²) in [5, 5.41) is 9.51. The van der Waals surface area contributed by atoms with Gasteiger partial charge in [-0.3, -0.25) is 0 Å². The molecular formula is C15H20O3. The summed E-state index contributed by atoms with van der Waals surface area (Å²) in [6, 6.07) is 0. The van der Waals surface area contributed by atoms with Crippen LogP contribution in [0.2, 0.25) is 0 Å². The molecule has 0 fully saturated rings. The van der Waals surface area contributed by atoms with Crippen molar-refractivity contribution in [3.8, 4) is 0 Å². The highest BCUT2D eigenvalue weighted by Gasteiger charge is 2.27. The first-order chi connectivity index (χ1) is 8.40. The number of rotatable bonds is 2. The molecule has 3 nitrogen and oxygen atoms in total. The highest BCUT2D eigenvalue weighted by atomic mass is 16.6. The van der Waals surface area contributed by atoms with Crippen LogP contribution >= 0.6 is 0 Å². The van der Waals surface area contributed by atoms with E-state index in [1.165, 1.54) is 30.1 Å². The zero-order valence-electron chi connectivity index (χ0n) is 11.2. The van der Waals surface area contributed by atoms with Crippen molar-refractivity contribution >= 4 is 5.97 Å². The number of aliphatic hydroxyl groups excluding tert-OH is 1. The average molecular weight is 248 g/mol. The van der Waals surface area contributed by atoms with E-state index < -0.39 is 12.3 Å². The van der Waals surface area contributed by atoms with Crippen LogP contribution in [0.5, 0.6) is 0 Å². The minimum Gasteiger partial charge on any atom is -0.428 e. The highest BCUT2D eigenvalue weighted by Crippen LogP contribution is 2.40. The quantitative estimate of drug-likeness (QED) is 0.764. The Morgan fingerprint density at radius 3 is 2.72 bits per heavy atom. The number of ether oxygens (including phenoxy) is 1. The third-order valence-corrected chi connectivity index (χ3v) is 3.78. The molecule has 2 rings (SSSR count). The third-order valence-electron chi connectivity index (χ3n) is 3.78. The van der Waals surface area contributed by atoms with Gasteiger partial charge in [0.15, 0.2) is 0 Å². The molecule has 1 unspecified atom stereocenters. The Hall–Kier alpha value is -1.35. The van der Waals surface area contributed by atoms with Gasteiger partial charge in [0.25, 0.3) is 0 Å². The summed E-state index contributed by atoms with van der Waals surface area (Å²) in [7, 11) is 0. The van der Waals surface area contributed by atoms with Crippen molar-refractivity contribution < 1.29 is 14.6 Å². The topological polar surface area (TPSA) is 46.5 Å². The molecule has 1 atom stereocenters. The van der Waals surface area contributed by atoms with Gasteiger partial charge in [-0.15, -0.1) is 0 Å². The SMILES string of the molecule is CC1=C(/C=C/C2=CC(=O)OC2O)C(C)(C)CCC1. The minimum absolute atomic E-state index is 0.161. The predicted molar refractivity (Wildman–Crippen MR) is 69.7 cm³/mol. The van der Waals surface area contributed by atoms with Gasteiger partial charge in [-0.25, -0.2) is 4.79 Å². The Labute approximate surface area is 108 Å². The summed E-state index contributed by atoms with van der Waals surface area (Å²) < 4.78 is 4.65. The zero-order valence-corrected chi connectivity index (χ0v) is 11.2. The normalized spacial score (nSPS) is 27.7. The Balaban J connectivity index is 2.23. The second-order valence-corrected chi connectivity index (χ2v) is 5.70. The second-order valence-electron chi connectivity index (χ2n) is 5.70.